The van der Waals surface area contributed by atoms with E-state index in [0.29, 0.717) is 0 Å². The Kier molecular flexibility index (Phi) is 5.30. The minimum atomic E-state index is 0.0163. The Bertz CT molecular complexity index is 2010. The van der Waals surface area contributed by atoms with Crippen molar-refractivity contribution in [1.82, 2.24) is 0 Å². The fourth-order valence-electron chi connectivity index (χ4n) is 9.42. The molecule has 0 radical (unpaired) electrons. The van der Waals surface area contributed by atoms with Crippen LogP contribution in [0.25, 0.3) is 11.1 Å². The molecule has 0 bridgehead atoms. The standard InChI is InChI=1S/C41H39BN2/c1-26-12-16-29(17-13-26)43-37-19-15-28(3)23-35(37)42-34-22-27(2)14-18-31(34)32-24-30(25-38(43)39(32)42)44-36-11-7-6-10-33(36)40(4)20-8-9-21-41(40,44)5/h6-7,10-19,22-25H,8-9,20-21H2,1-5H3. The number of aryl methyl sites for hydroxylation is 3. The molecule has 2 nitrogen and oxygen atoms in total. The molecule has 44 heavy (non-hydrogen) atoms. The number of para-hydroxylation sites is 1. The minimum Gasteiger partial charge on any atom is -0.334 e. The number of fused-ring (bicyclic) bond motifs is 8. The van der Waals surface area contributed by atoms with Crippen LogP contribution in [-0.2, 0) is 5.41 Å². The summed E-state index contributed by atoms with van der Waals surface area (Å²) in [6, 6.07) is 37.7. The van der Waals surface area contributed by atoms with Gasteiger partial charge in [-0.2, -0.15) is 0 Å². The molecule has 1 aliphatic carbocycles. The Hall–Kier alpha value is -4.24. The monoisotopic (exact) mass is 570 g/mol. The van der Waals surface area contributed by atoms with Gasteiger partial charge < -0.3 is 9.80 Å². The zero-order valence-corrected chi connectivity index (χ0v) is 26.5. The first-order chi connectivity index (χ1) is 21.3. The van der Waals surface area contributed by atoms with E-state index in [1.54, 1.807) is 0 Å². The molecule has 0 aromatic heterocycles. The zero-order chi connectivity index (χ0) is 30.0. The van der Waals surface area contributed by atoms with Crippen LogP contribution in [0.1, 0.15) is 61.8 Å². The van der Waals surface area contributed by atoms with Crippen LogP contribution >= 0.6 is 0 Å². The van der Waals surface area contributed by atoms with E-state index >= 15 is 0 Å². The lowest BCUT2D eigenvalue weighted by atomic mass is 9.37. The molecule has 2 atom stereocenters. The van der Waals surface area contributed by atoms with Gasteiger partial charge in [-0.3, -0.25) is 0 Å². The molecule has 1 saturated carbocycles. The van der Waals surface area contributed by atoms with E-state index in [9.17, 15) is 0 Å². The summed E-state index contributed by atoms with van der Waals surface area (Å²) >= 11 is 0. The van der Waals surface area contributed by atoms with Gasteiger partial charge in [0.2, 0.25) is 6.71 Å². The highest BCUT2D eigenvalue weighted by molar-refractivity contribution is 7.01. The van der Waals surface area contributed by atoms with Gasteiger partial charge in [0.25, 0.3) is 0 Å². The molecule has 5 aromatic carbocycles. The molecule has 0 amide bonds. The molecule has 0 spiro atoms. The molecule has 2 unspecified atom stereocenters. The molecule has 0 saturated heterocycles. The third kappa shape index (κ3) is 3.28. The molecule has 3 heteroatoms. The quantitative estimate of drug-likeness (QED) is 0.192. The van der Waals surface area contributed by atoms with E-state index in [-0.39, 0.29) is 17.7 Å². The summed E-state index contributed by atoms with van der Waals surface area (Å²) in [5, 5.41) is 0. The van der Waals surface area contributed by atoms with Crippen molar-refractivity contribution in [1.29, 1.82) is 0 Å². The van der Waals surface area contributed by atoms with Crippen molar-refractivity contribution in [3.63, 3.8) is 0 Å². The van der Waals surface area contributed by atoms with Gasteiger partial charge in [-0.1, -0.05) is 103 Å². The van der Waals surface area contributed by atoms with Crippen molar-refractivity contribution in [2.24, 2.45) is 0 Å². The topological polar surface area (TPSA) is 6.48 Å². The lowest BCUT2D eigenvalue weighted by Crippen LogP contribution is -2.56. The van der Waals surface area contributed by atoms with Crippen molar-refractivity contribution < 1.29 is 0 Å². The SMILES string of the molecule is Cc1ccc(N2c3ccc(C)cc3B3c4cc(C)ccc4-c4cc(N5c6ccccc6C6(C)CCCCC56C)cc2c43)cc1. The predicted octanol–water partition coefficient (Wildman–Crippen LogP) is 8.63. The summed E-state index contributed by atoms with van der Waals surface area (Å²) in [5.74, 6) is 0. The van der Waals surface area contributed by atoms with E-state index in [1.807, 2.05) is 0 Å². The minimum absolute atomic E-state index is 0.0163. The maximum Gasteiger partial charge on any atom is 0.248 e. The summed E-state index contributed by atoms with van der Waals surface area (Å²) in [5.41, 5.74) is 19.2. The largest absolute Gasteiger partial charge is 0.334 e. The van der Waals surface area contributed by atoms with Crippen molar-refractivity contribution in [2.75, 3.05) is 9.80 Å². The van der Waals surface area contributed by atoms with Crippen LogP contribution in [0.5, 0.6) is 0 Å². The lowest BCUT2D eigenvalue weighted by molar-refractivity contribution is 0.195. The molecule has 1 fully saturated rings. The molecule has 3 aliphatic heterocycles. The van der Waals surface area contributed by atoms with Gasteiger partial charge >= 0.3 is 0 Å². The number of rotatable bonds is 2. The van der Waals surface area contributed by atoms with Gasteiger partial charge in [0.05, 0.1) is 5.54 Å². The summed E-state index contributed by atoms with van der Waals surface area (Å²) in [6.45, 7) is 12.0. The second-order valence-corrected chi connectivity index (χ2v) is 14.3. The van der Waals surface area contributed by atoms with Gasteiger partial charge in [-0.15, -0.1) is 0 Å². The normalized spacial score (nSPS) is 22.3. The van der Waals surface area contributed by atoms with Crippen LogP contribution in [-0.4, -0.2) is 12.3 Å². The fourth-order valence-corrected chi connectivity index (χ4v) is 9.42. The van der Waals surface area contributed by atoms with Crippen LogP contribution in [0, 0.1) is 20.8 Å². The first-order valence-corrected chi connectivity index (χ1v) is 16.4. The first-order valence-electron chi connectivity index (χ1n) is 16.4. The molecule has 0 N–H and O–H groups in total. The van der Waals surface area contributed by atoms with E-state index in [0.717, 1.165) is 0 Å². The van der Waals surface area contributed by atoms with E-state index in [1.165, 1.54) is 104 Å². The summed E-state index contributed by atoms with van der Waals surface area (Å²) in [6.07, 6.45) is 5.02. The molecule has 216 valence electrons. The van der Waals surface area contributed by atoms with Crippen molar-refractivity contribution in [3.05, 3.63) is 119 Å². The Labute approximate surface area is 262 Å². The molecule has 3 heterocycles. The van der Waals surface area contributed by atoms with E-state index in [4.69, 9.17) is 0 Å². The maximum absolute atomic E-state index is 2.75. The van der Waals surface area contributed by atoms with Gasteiger partial charge in [0.15, 0.2) is 0 Å². The van der Waals surface area contributed by atoms with Crippen LogP contribution in [0.2, 0.25) is 0 Å². The average Bonchev–Trinajstić information content (AvgIpc) is 3.45. The molecular formula is C41H39BN2. The highest BCUT2D eigenvalue weighted by Crippen LogP contribution is 2.61. The number of nitrogens with zero attached hydrogens (tertiary/aromatic N) is 2. The predicted molar refractivity (Wildman–Crippen MR) is 188 cm³/mol. The Morgan fingerprint density at radius 2 is 1.30 bits per heavy atom. The van der Waals surface area contributed by atoms with Crippen LogP contribution in [0.3, 0.4) is 0 Å². The van der Waals surface area contributed by atoms with Gasteiger partial charge in [-0.05, 0) is 105 Å². The van der Waals surface area contributed by atoms with Crippen molar-refractivity contribution in [3.8, 4) is 11.1 Å². The third-order valence-electron chi connectivity index (χ3n) is 11.8. The molecule has 9 rings (SSSR count). The van der Waals surface area contributed by atoms with E-state index < -0.39 is 0 Å². The maximum atomic E-state index is 2.75. The Morgan fingerprint density at radius 1 is 0.591 bits per heavy atom. The van der Waals surface area contributed by atoms with Gasteiger partial charge in [-0.25, -0.2) is 0 Å². The highest BCUT2D eigenvalue weighted by Gasteiger charge is 2.58. The van der Waals surface area contributed by atoms with Crippen LogP contribution in [0.15, 0.2) is 97.1 Å². The Balaban J connectivity index is 1.37. The second-order valence-electron chi connectivity index (χ2n) is 14.3. The number of hydrogen-bond donors (Lipinski definition) is 0. The number of anilines is 5. The van der Waals surface area contributed by atoms with Crippen molar-refractivity contribution >= 4 is 51.5 Å². The smallest absolute Gasteiger partial charge is 0.248 e. The van der Waals surface area contributed by atoms with Crippen LogP contribution < -0.4 is 26.2 Å². The fraction of sp³-hybridized carbons (Fsp3) is 0.268. The summed E-state index contributed by atoms with van der Waals surface area (Å²) in [7, 11) is 0. The number of hydrogen-bond acceptors (Lipinski definition) is 2. The van der Waals surface area contributed by atoms with Crippen LogP contribution in [0.4, 0.5) is 28.4 Å². The third-order valence-corrected chi connectivity index (χ3v) is 11.8. The second kappa shape index (κ2) is 8.91. The average molecular weight is 571 g/mol. The van der Waals surface area contributed by atoms with Gasteiger partial charge in [0, 0.05) is 33.9 Å². The van der Waals surface area contributed by atoms with Crippen molar-refractivity contribution in [2.45, 2.75) is 71.3 Å². The molecule has 5 aromatic rings. The first kappa shape index (κ1) is 26.2. The highest BCUT2D eigenvalue weighted by atomic mass is 15.3. The van der Waals surface area contributed by atoms with E-state index in [2.05, 4.69) is 141 Å². The zero-order valence-electron chi connectivity index (χ0n) is 26.5. The Morgan fingerprint density at radius 3 is 2.11 bits per heavy atom. The molecular weight excluding hydrogens is 531 g/mol. The lowest BCUT2D eigenvalue weighted by Gasteiger charge is -2.50. The van der Waals surface area contributed by atoms with Gasteiger partial charge in [0.1, 0.15) is 0 Å². The molecule has 4 aliphatic rings. The summed E-state index contributed by atoms with van der Waals surface area (Å²) in [4.78, 5) is 5.30. The number of benzene rings is 5. The summed E-state index contributed by atoms with van der Waals surface area (Å²) < 4.78 is 0.